The van der Waals surface area contributed by atoms with Crippen LogP contribution in [0, 0.1) is 0 Å². The van der Waals surface area contributed by atoms with Crippen molar-refractivity contribution < 1.29 is 0 Å². The first-order chi connectivity index (χ1) is 10.0. The summed E-state index contributed by atoms with van der Waals surface area (Å²) >= 11 is 0. The van der Waals surface area contributed by atoms with Crippen molar-refractivity contribution in [2.75, 3.05) is 12.4 Å². The van der Waals surface area contributed by atoms with Gasteiger partial charge in [0.1, 0.15) is 0 Å². The first kappa shape index (κ1) is 15.4. The molecular weight excluding hydrogens is 254 g/mol. The third kappa shape index (κ3) is 3.75. The van der Waals surface area contributed by atoms with Crippen molar-refractivity contribution in [3.8, 4) is 0 Å². The van der Waals surface area contributed by atoms with Crippen molar-refractivity contribution in [3.63, 3.8) is 0 Å². The molecule has 2 rings (SSSR count). The maximum atomic E-state index is 4.03. The summed E-state index contributed by atoms with van der Waals surface area (Å²) in [6.45, 7) is 10.6. The largest absolute Gasteiger partial charge is 0.388 e. The van der Waals surface area contributed by atoms with Gasteiger partial charge >= 0.3 is 0 Å². The van der Waals surface area contributed by atoms with Crippen molar-refractivity contribution in [2.24, 2.45) is 0 Å². The number of anilines is 1. The Kier molecular flexibility index (Phi) is 4.85. The fraction of sp³-hybridized carbons (Fsp3) is 0.300. The molecular formula is C20H25N. The monoisotopic (exact) mass is 279 g/mol. The van der Waals surface area contributed by atoms with Gasteiger partial charge in [0.25, 0.3) is 0 Å². The Morgan fingerprint density at radius 2 is 1.90 bits per heavy atom. The Morgan fingerprint density at radius 1 is 1.14 bits per heavy atom. The summed E-state index contributed by atoms with van der Waals surface area (Å²) in [5.74, 6) is 0.552. The highest BCUT2D eigenvalue weighted by molar-refractivity contribution is 5.62. The highest BCUT2D eigenvalue weighted by Gasteiger charge is 2.07. The van der Waals surface area contributed by atoms with E-state index < -0.39 is 0 Å². The zero-order chi connectivity index (χ0) is 15.4. The van der Waals surface area contributed by atoms with E-state index in [0.717, 1.165) is 12.0 Å². The van der Waals surface area contributed by atoms with Gasteiger partial charge < -0.3 is 5.32 Å². The topological polar surface area (TPSA) is 12.0 Å². The predicted molar refractivity (Wildman–Crippen MR) is 94.0 cm³/mol. The van der Waals surface area contributed by atoms with Gasteiger partial charge in [0, 0.05) is 12.7 Å². The molecule has 0 radical (unpaired) electrons. The van der Waals surface area contributed by atoms with Crippen molar-refractivity contribution >= 4 is 11.3 Å². The number of hydrogen-bond acceptors (Lipinski definition) is 1. The molecule has 110 valence electrons. The number of rotatable bonds is 5. The number of nitrogens with one attached hydrogen (secondary N) is 1. The van der Waals surface area contributed by atoms with E-state index in [1.165, 1.54) is 27.9 Å². The van der Waals surface area contributed by atoms with Gasteiger partial charge in [0.2, 0.25) is 0 Å². The first-order valence-electron chi connectivity index (χ1n) is 7.56. The molecule has 0 bridgehead atoms. The van der Waals surface area contributed by atoms with Crippen LogP contribution in [0.15, 0.2) is 49.0 Å². The molecule has 0 saturated carbocycles. The van der Waals surface area contributed by atoms with Crippen LogP contribution in [0.25, 0.3) is 5.57 Å². The molecule has 0 amide bonds. The third-order valence-corrected chi connectivity index (χ3v) is 3.88. The molecule has 0 atom stereocenters. The van der Waals surface area contributed by atoms with E-state index in [-0.39, 0.29) is 0 Å². The molecule has 1 heteroatoms. The summed E-state index contributed by atoms with van der Waals surface area (Å²) in [7, 11) is 1.98. The highest BCUT2D eigenvalue weighted by atomic mass is 14.8. The molecule has 0 aliphatic rings. The van der Waals surface area contributed by atoms with Crippen LogP contribution >= 0.6 is 0 Å². The molecule has 0 heterocycles. The van der Waals surface area contributed by atoms with Crippen LogP contribution in [0.2, 0.25) is 0 Å². The number of allylic oxidation sites excluding steroid dienone is 1. The van der Waals surface area contributed by atoms with E-state index in [9.17, 15) is 0 Å². The number of hydrogen-bond donors (Lipinski definition) is 1. The van der Waals surface area contributed by atoms with Gasteiger partial charge in [-0.25, -0.2) is 0 Å². The Morgan fingerprint density at radius 3 is 2.52 bits per heavy atom. The summed E-state index contributed by atoms with van der Waals surface area (Å²) in [5.41, 5.74) is 7.61. The van der Waals surface area contributed by atoms with E-state index in [1.54, 1.807) is 0 Å². The van der Waals surface area contributed by atoms with Gasteiger partial charge in [0.05, 0.1) is 0 Å². The summed E-state index contributed by atoms with van der Waals surface area (Å²) in [5, 5.41) is 3.30. The Balaban J connectivity index is 2.35. The zero-order valence-electron chi connectivity index (χ0n) is 13.5. The van der Waals surface area contributed by atoms with Gasteiger partial charge in [-0.3, -0.25) is 0 Å². The molecule has 0 fully saturated rings. The smallest absolute Gasteiger partial charge is 0.0373 e. The fourth-order valence-electron chi connectivity index (χ4n) is 2.53. The van der Waals surface area contributed by atoms with Gasteiger partial charge in [-0.05, 0) is 47.6 Å². The van der Waals surface area contributed by atoms with E-state index in [0.29, 0.717) is 5.92 Å². The van der Waals surface area contributed by atoms with Crippen LogP contribution in [0.1, 0.15) is 48.9 Å². The SMILES string of the molecule is C=C(C)c1cccc(Cc2cc(C(C)C)ccc2NC)c1. The second-order valence-electron chi connectivity index (χ2n) is 5.98. The molecule has 0 aliphatic carbocycles. The van der Waals surface area contributed by atoms with E-state index in [1.807, 2.05) is 7.05 Å². The molecule has 21 heavy (non-hydrogen) atoms. The van der Waals surface area contributed by atoms with Crippen molar-refractivity contribution in [3.05, 3.63) is 71.3 Å². The molecule has 0 aliphatic heterocycles. The van der Waals surface area contributed by atoms with Crippen LogP contribution in [-0.2, 0) is 6.42 Å². The lowest BCUT2D eigenvalue weighted by molar-refractivity contribution is 0.863. The second kappa shape index (κ2) is 6.62. The van der Waals surface area contributed by atoms with Crippen LogP contribution < -0.4 is 5.32 Å². The molecule has 1 N–H and O–H groups in total. The van der Waals surface area contributed by atoms with Crippen LogP contribution in [0.3, 0.4) is 0 Å². The first-order valence-corrected chi connectivity index (χ1v) is 7.56. The molecule has 0 saturated heterocycles. The highest BCUT2D eigenvalue weighted by Crippen LogP contribution is 2.25. The quantitative estimate of drug-likeness (QED) is 0.764. The van der Waals surface area contributed by atoms with Gasteiger partial charge in [-0.15, -0.1) is 0 Å². The lowest BCUT2D eigenvalue weighted by Crippen LogP contribution is -1.99. The van der Waals surface area contributed by atoms with Crippen molar-refractivity contribution in [2.45, 2.75) is 33.1 Å². The molecule has 2 aromatic rings. The predicted octanol–water partition coefficient (Wildman–Crippen LogP) is 5.48. The Hall–Kier alpha value is -2.02. The minimum Gasteiger partial charge on any atom is -0.388 e. The molecule has 0 aromatic heterocycles. The maximum absolute atomic E-state index is 4.03. The molecule has 0 spiro atoms. The van der Waals surface area contributed by atoms with Gasteiger partial charge in [0.15, 0.2) is 0 Å². The number of benzene rings is 2. The molecule has 2 aromatic carbocycles. The third-order valence-electron chi connectivity index (χ3n) is 3.88. The summed E-state index contributed by atoms with van der Waals surface area (Å²) in [6, 6.07) is 15.4. The Bertz CT molecular complexity index is 638. The van der Waals surface area contributed by atoms with Crippen LogP contribution in [0.4, 0.5) is 5.69 Å². The standard InChI is InChI=1S/C20H25N/c1-14(2)17-8-6-7-16(11-17)12-19-13-18(15(3)4)9-10-20(19)21-5/h6-11,13,15,21H,1,12H2,2-5H3. The van der Waals surface area contributed by atoms with Gasteiger partial charge in [-0.1, -0.05) is 62.4 Å². The van der Waals surface area contributed by atoms with Crippen LogP contribution in [-0.4, -0.2) is 7.05 Å². The average Bonchev–Trinajstić information content (AvgIpc) is 2.47. The lowest BCUT2D eigenvalue weighted by Gasteiger charge is -2.14. The normalized spacial score (nSPS) is 10.7. The minimum absolute atomic E-state index is 0.552. The summed E-state index contributed by atoms with van der Waals surface area (Å²) in [4.78, 5) is 0. The second-order valence-corrected chi connectivity index (χ2v) is 5.98. The molecule has 1 nitrogen and oxygen atoms in total. The lowest BCUT2D eigenvalue weighted by atomic mass is 9.95. The van der Waals surface area contributed by atoms with Crippen molar-refractivity contribution in [1.82, 2.24) is 0 Å². The van der Waals surface area contributed by atoms with E-state index >= 15 is 0 Å². The fourth-order valence-corrected chi connectivity index (χ4v) is 2.53. The summed E-state index contributed by atoms with van der Waals surface area (Å²) in [6.07, 6.45) is 0.942. The average molecular weight is 279 g/mol. The minimum atomic E-state index is 0.552. The van der Waals surface area contributed by atoms with Crippen LogP contribution in [0.5, 0.6) is 0 Å². The maximum Gasteiger partial charge on any atom is 0.0373 e. The van der Waals surface area contributed by atoms with E-state index in [4.69, 9.17) is 0 Å². The zero-order valence-corrected chi connectivity index (χ0v) is 13.5. The molecule has 0 unspecified atom stereocenters. The summed E-state index contributed by atoms with van der Waals surface area (Å²) < 4.78 is 0. The Labute approximate surface area is 128 Å². The van der Waals surface area contributed by atoms with Crippen molar-refractivity contribution in [1.29, 1.82) is 0 Å². The van der Waals surface area contributed by atoms with Gasteiger partial charge in [-0.2, -0.15) is 0 Å². The van der Waals surface area contributed by atoms with E-state index in [2.05, 4.69) is 75.1 Å².